The van der Waals surface area contributed by atoms with Crippen LogP contribution in [-0.4, -0.2) is 23.8 Å². The molecule has 0 spiro atoms. The standard InChI is InChI=1S/C29H26N2O3/c1-18-6-7-19(11-28(32)22-9-8-20-4-3-5-21(20)12-22)10-25(18)16-30-26-14-23-13-24(29(33)34-2)15-27(23)31-17-26/h3,5-10,12-14,17,30H,4,11,15-16H2,1-2H3. The third-order valence-corrected chi connectivity index (χ3v) is 6.50. The maximum atomic E-state index is 12.9. The lowest BCUT2D eigenvalue weighted by molar-refractivity contribution is -0.136. The summed E-state index contributed by atoms with van der Waals surface area (Å²) < 4.78 is 4.82. The molecule has 0 aliphatic heterocycles. The number of nitrogens with one attached hydrogen (secondary N) is 1. The van der Waals surface area contributed by atoms with Crippen molar-refractivity contribution in [1.29, 1.82) is 0 Å². The molecule has 0 saturated heterocycles. The number of methoxy groups -OCH3 is 1. The van der Waals surface area contributed by atoms with E-state index in [9.17, 15) is 9.59 Å². The minimum Gasteiger partial charge on any atom is -0.466 e. The molecule has 0 atom stereocenters. The van der Waals surface area contributed by atoms with Crippen LogP contribution in [0.3, 0.4) is 0 Å². The first-order chi connectivity index (χ1) is 16.5. The Kier molecular flexibility index (Phi) is 5.84. The molecule has 1 heterocycles. The highest BCUT2D eigenvalue weighted by atomic mass is 16.5. The largest absolute Gasteiger partial charge is 0.466 e. The van der Waals surface area contributed by atoms with Gasteiger partial charge in [-0.1, -0.05) is 42.5 Å². The molecule has 1 aromatic heterocycles. The first-order valence-corrected chi connectivity index (χ1v) is 11.4. The highest BCUT2D eigenvalue weighted by Gasteiger charge is 2.20. The fraction of sp³-hybridized carbons (Fsp3) is 0.207. The van der Waals surface area contributed by atoms with Crippen LogP contribution in [0.4, 0.5) is 5.69 Å². The predicted octanol–water partition coefficient (Wildman–Crippen LogP) is 5.11. The molecule has 2 aromatic carbocycles. The Labute approximate surface area is 199 Å². The van der Waals surface area contributed by atoms with E-state index in [2.05, 4.69) is 47.6 Å². The molecule has 5 heteroatoms. The molecule has 1 N–H and O–H groups in total. The van der Waals surface area contributed by atoms with Crippen molar-refractivity contribution in [3.05, 3.63) is 105 Å². The molecule has 0 radical (unpaired) electrons. The summed E-state index contributed by atoms with van der Waals surface area (Å²) in [7, 11) is 1.39. The second-order valence-corrected chi connectivity index (χ2v) is 8.83. The van der Waals surface area contributed by atoms with Crippen molar-refractivity contribution in [3.63, 3.8) is 0 Å². The van der Waals surface area contributed by atoms with Crippen LogP contribution in [0.2, 0.25) is 0 Å². The van der Waals surface area contributed by atoms with Gasteiger partial charge in [0.05, 0.1) is 24.7 Å². The number of Topliss-reactive ketones (excluding diaryl/α,β-unsaturated/α-hetero) is 1. The van der Waals surface area contributed by atoms with Gasteiger partial charge in [-0.25, -0.2) is 4.79 Å². The normalized spacial score (nSPS) is 13.3. The number of pyridine rings is 1. The van der Waals surface area contributed by atoms with Crippen LogP contribution in [0, 0.1) is 6.92 Å². The van der Waals surface area contributed by atoms with E-state index in [0.717, 1.165) is 51.2 Å². The molecule has 0 bridgehead atoms. The average Bonchev–Trinajstić information content (AvgIpc) is 3.49. The second-order valence-electron chi connectivity index (χ2n) is 8.83. The van der Waals surface area contributed by atoms with Crippen LogP contribution in [0.5, 0.6) is 0 Å². The number of nitrogens with zero attached hydrogens (tertiary/aromatic N) is 1. The van der Waals surface area contributed by atoms with E-state index in [4.69, 9.17) is 4.74 Å². The van der Waals surface area contributed by atoms with E-state index in [0.29, 0.717) is 25.0 Å². The van der Waals surface area contributed by atoms with Crippen LogP contribution in [0.1, 0.15) is 49.4 Å². The van der Waals surface area contributed by atoms with Gasteiger partial charge in [-0.05, 0) is 64.9 Å². The molecule has 5 nitrogen and oxygen atoms in total. The van der Waals surface area contributed by atoms with Gasteiger partial charge in [-0.3, -0.25) is 9.78 Å². The number of hydrogen-bond acceptors (Lipinski definition) is 5. The summed E-state index contributed by atoms with van der Waals surface area (Å²) in [6.45, 7) is 2.69. The molecule has 170 valence electrons. The number of fused-ring (bicyclic) bond motifs is 2. The van der Waals surface area contributed by atoms with Crippen LogP contribution < -0.4 is 5.32 Å². The molecular formula is C29H26N2O3. The van der Waals surface area contributed by atoms with Gasteiger partial charge in [0.25, 0.3) is 0 Å². The van der Waals surface area contributed by atoms with Crippen molar-refractivity contribution in [2.45, 2.75) is 32.7 Å². The number of aromatic nitrogens is 1. The third kappa shape index (κ3) is 4.42. The van der Waals surface area contributed by atoms with E-state index in [1.54, 1.807) is 6.20 Å². The number of carbonyl (C=O) groups is 2. The molecule has 3 aromatic rings. The molecular weight excluding hydrogens is 424 g/mol. The number of anilines is 1. The zero-order chi connectivity index (χ0) is 23.7. The lowest BCUT2D eigenvalue weighted by atomic mass is 9.97. The minimum absolute atomic E-state index is 0.127. The summed E-state index contributed by atoms with van der Waals surface area (Å²) >= 11 is 0. The van der Waals surface area contributed by atoms with Crippen molar-refractivity contribution in [3.8, 4) is 0 Å². The monoisotopic (exact) mass is 450 g/mol. The van der Waals surface area contributed by atoms with Gasteiger partial charge in [-0.15, -0.1) is 0 Å². The Balaban J connectivity index is 1.27. The number of esters is 1. The number of allylic oxidation sites excluding steroid dienone is 1. The Hall–Kier alpha value is -3.99. The maximum absolute atomic E-state index is 12.9. The number of aryl methyl sites for hydroxylation is 1. The number of ether oxygens (including phenoxy) is 1. The zero-order valence-corrected chi connectivity index (χ0v) is 19.4. The summed E-state index contributed by atoms with van der Waals surface area (Å²) in [6.07, 6.45) is 9.66. The topological polar surface area (TPSA) is 68.3 Å². The van der Waals surface area contributed by atoms with Crippen LogP contribution in [-0.2, 0) is 35.3 Å². The van der Waals surface area contributed by atoms with Gasteiger partial charge in [0.15, 0.2) is 5.78 Å². The minimum atomic E-state index is -0.314. The molecule has 0 fully saturated rings. The van der Waals surface area contributed by atoms with Crippen molar-refractivity contribution in [1.82, 2.24) is 4.98 Å². The van der Waals surface area contributed by atoms with E-state index in [1.807, 2.05) is 30.3 Å². The Morgan fingerprint density at radius 1 is 1.09 bits per heavy atom. The summed E-state index contributed by atoms with van der Waals surface area (Å²) in [5, 5.41) is 3.43. The van der Waals surface area contributed by atoms with Gasteiger partial charge < -0.3 is 10.1 Å². The number of ketones is 1. The Morgan fingerprint density at radius 3 is 2.82 bits per heavy atom. The molecule has 2 aliphatic rings. The number of carbonyl (C=O) groups excluding carboxylic acids is 2. The molecule has 0 amide bonds. The fourth-order valence-corrected chi connectivity index (χ4v) is 4.49. The van der Waals surface area contributed by atoms with E-state index in [-0.39, 0.29) is 11.8 Å². The highest BCUT2D eigenvalue weighted by Crippen LogP contribution is 2.27. The van der Waals surface area contributed by atoms with E-state index >= 15 is 0 Å². The molecule has 0 unspecified atom stereocenters. The van der Waals surface area contributed by atoms with Gasteiger partial charge in [0.1, 0.15) is 0 Å². The SMILES string of the molecule is COC(=O)C1=Cc2cc(NCc3cc(CC(=O)c4ccc5c(c4)C=CC5)ccc3C)cnc2C1. The predicted molar refractivity (Wildman–Crippen MR) is 134 cm³/mol. The van der Waals surface area contributed by atoms with E-state index < -0.39 is 0 Å². The van der Waals surface area contributed by atoms with Gasteiger partial charge in [-0.2, -0.15) is 0 Å². The summed E-state index contributed by atoms with van der Waals surface area (Å²) in [4.78, 5) is 29.2. The first-order valence-electron chi connectivity index (χ1n) is 11.4. The third-order valence-electron chi connectivity index (χ3n) is 6.50. The summed E-state index contributed by atoms with van der Waals surface area (Å²) in [5.41, 5.74) is 9.80. The van der Waals surface area contributed by atoms with Gasteiger partial charge in [0, 0.05) is 30.5 Å². The molecule has 0 saturated carbocycles. The van der Waals surface area contributed by atoms with Crippen molar-refractivity contribution < 1.29 is 14.3 Å². The number of rotatable bonds is 7. The second kappa shape index (κ2) is 9.10. The average molecular weight is 451 g/mol. The Morgan fingerprint density at radius 2 is 1.97 bits per heavy atom. The summed E-state index contributed by atoms with van der Waals surface area (Å²) in [5.74, 6) is -0.187. The van der Waals surface area contributed by atoms with Crippen LogP contribution in [0.15, 0.2) is 60.3 Å². The highest BCUT2D eigenvalue weighted by molar-refractivity contribution is 5.98. The van der Waals surface area contributed by atoms with Crippen LogP contribution >= 0.6 is 0 Å². The Bertz CT molecular complexity index is 1370. The zero-order valence-electron chi connectivity index (χ0n) is 19.4. The lowest BCUT2D eigenvalue weighted by Crippen LogP contribution is -2.07. The van der Waals surface area contributed by atoms with Gasteiger partial charge >= 0.3 is 5.97 Å². The van der Waals surface area contributed by atoms with Gasteiger partial charge in [0.2, 0.25) is 0 Å². The molecule has 34 heavy (non-hydrogen) atoms. The number of hydrogen-bond donors (Lipinski definition) is 1. The van der Waals surface area contributed by atoms with E-state index in [1.165, 1.54) is 12.7 Å². The quantitative estimate of drug-likeness (QED) is 0.400. The van der Waals surface area contributed by atoms with Crippen molar-refractivity contribution in [2.75, 3.05) is 12.4 Å². The first kappa shape index (κ1) is 21.8. The summed E-state index contributed by atoms with van der Waals surface area (Å²) in [6, 6.07) is 14.2. The van der Waals surface area contributed by atoms with Crippen molar-refractivity contribution >= 4 is 29.6 Å². The molecule has 5 rings (SSSR count). The van der Waals surface area contributed by atoms with Crippen LogP contribution in [0.25, 0.3) is 12.2 Å². The smallest absolute Gasteiger partial charge is 0.334 e. The number of benzene rings is 2. The van der Waals surface area contributed by atoms with Crippen molar-refractivity contribution in [2.24, 2.45) is 0 Å². The lowest BCUT2D eigenvalue weighted by Gasteiger charge is -2.12. The molecule has 2 aliphatic carbocycles. The maximum Gasteiger partial charge on any atom is 0.334 e. The fourth-order valence-electron chi connectivity index (χ4n) is 4.49.